The van der Waals surface area contributed by atoms with Crippen LogP contribution in [0.25, 0.3) is 0 Å². The van der Waals surface area contributed by atoms with Crippen LogP contribution in [0.3, 0.4) is 0 Å². The second-order valence-corrected chi connectivity index (χ2v) is 5.81. The molecule has 1 heterocycles. The van der Waals surface area contributed by atoms with E-state index < -0.39 is 6.04 Å². The van der Waals surface area contributed by atoms with E-state index in [2.05, 4.69) is 21.7 Å². The summed E-state index contributed by atoms with van der Waals surface area (Å²) in [6, 6.07) is 10.9. The molecule has 1 saturated heterocycles. The van der Waals surface area contributed by atoms with Crippen molar-refractivity contribution in [2.24, 2.45) is 0 Å². The highest BCUT2D eigenvalue weighted by Gasteiger charge is 2.34. The molecule has 2 aromatic rings. The van der Waals surface area contributed by atoms with Crippen LogP contribution in [0.2, 0.25) is 5.02 Å². The molecule has 7 heteroatoms. The Balaban J connectivity index is 1.76. The van der Waals surface area contributed by atoms with Crippen LogP contribution in [-0.2, 0) is 4.79 Å². The Labute approximate surface area is 138 Å². The second kappa shape index (κ2) is 6.64. The number of halogens is 2. The molecule has 4 N–H and O–H groups in total. The van der Waals surface area contributed by atoms with Crippen LogP contribution in [0, 0.1) is 12.7 Å². The first-order valence-electron chi connectivity index (χ1n) is 7.13. The van der Waals surface area contributed by atoms with E-state index in [-0.39, 0.29) is 17.8 Å². The number of benzene rings is 2. The number of anilines is 1. The van der Waals surface area contributed by atoms with Crippen LogP contribution in [-0.4, -0.2) is 11.9 Å². The summed E-state index contributed by atoms with van der Waals surface area (Å²) in [5.41, 5.74) is 10.5. The highest BCUT2D eigenvalue weighted by molar-refractivity contribution is 6.30. The molecule has 5 nitrogen and oxygen atoms in total. The number of hydrogen-bond donors (Lipinski definition) is 4. The van der Waals surface area contributed by atoms with E-state index in [1.54, 1.807) is 25.1 Å². The lowest BCUT2D eigenvalue weighted by atomic mass is 10.00. The zero-order valence-electron chi connectivity index (χ0n) is 12.4. The summed E-state index contributed by atoms with van der Waals surface area (Å²) >= 11 is 6.01. The van der Waals surface area contributed by atoms with E-state index in [9.17, 15) is 9.18 Å². The lowest BCUT2D eigenvalue weighted by Crippen LogP contribution is -2.41. The minimum absolute atomic E-state index is 0.238. The SMILES string of the molecule is Cc1cc(NC(=O)C2NNNC2c2cccc(Cl)c2)ccc1F. The average Bonchev–Trinajstić information content (AvgIpc) is 3.00. The summed E-state index contributed by atoms with van der Waals surface area (Å²) in [6.45, 7) is 1.65. The Hall–Kier alpha value is -1.99. The molecule has 2 aromatic carbocycles. The van der Waals surface area contributed by atoms with Gasteiger partial charge in [-0.2, -0.15) is 5.53 Å². The van der Waals surface area contributed by atoms with Gasteiger partial charge in [0.15, 0.2) is 0 Å². The zero-order chi connectivity index (χ0) is 16.4. The molecule has 0 aliphatic carbocycles. The number of hydrogen-bond acceptors (Lipinski definition) is 4. The minimum atomic E-state index is -0.543. The first-order valence-corrected chi connectivity index (χ1v) is 7.51. The summed E-state index contributed by atoms with van der Waals surface area (Å²) in [4.78, 5) is 12.5. The molecule has 0 bridgehead atoms. The molecule has 1 aliphatic rings. The highest BCUT2D eigenvalue weighted by atomic mass is 35.5. The summed E-state index contributed by atoms with van der Waals surface area (Å²) in [5, 5.41) is 3.39. The molecular formula is C16H16ClFN4O. The average molecular weight is 335 g/mol. The number of hydrazine groups is 2. The van der Waals surface area contributed by atoms with Crippen LogP contribution in [0.15, 0.2) is 42.5 Å². The van der Waals surface area contributed by atoms with Gasteiger partial charge in [-0.25, -0.2) is 15.2 Å². The molecule has 0 saturated carbocycles. The van der Waals surface area contributed by atoms with Gasteiger partial charge in [0.1, 0.15) is 11.9 Å². The number of carbonyl (C=O) groups is 1. The van der Waals surface area contributed by atoms with Gasteiger partial charge < -0.3 is 5.32 Å². The van der Waals surface area contributed by atoms with Gasteiger partial charge in [0.25, 0.3) is 0 Å². The van der Waals surface area contributed by atoms with Crippen molar-refractivity contribution < 1.29 is 9.18 Å². The summed E-state index contributed by atoms with van der Waals surface area (Å²) in [7, 11) is 0. The number of nitrogens with one attached hydrogen (secondary N) is 4. The molecule has 0 radical (unpaired) electrons. The highest BCUT2D eigenvalue weighted by Crippen LogP contribution is 2.23. The Bertz CT molecular complexity index is 740. The summed E-state index contributed by atoms with van der Waals surface area (Å²) in [6.07, 6.45) is 0. The van der Waals surface area contributed by atoms with Crippen molar-refractivity contribution in [3.63, 3.8) is 0 Å². The molecule has 0 aromatic heterocycles. The van der Waals surface area contributed by atoms with Crippen molar-refractivity contribution in [3.05, 3.63) is 64.4 Å². The third-order valence-corrected chi connectivity index (χ3v) is 3.94. The van der Waals surface area contributed by atoms with E-state index in [1.165, 1.54) is 12.1 Å². The monoisotopic (exact) mass is 334 g/mol. The lowest BCUT2D eigenvalue weighted by Gasteiger charge is -2.18. The molecule has 3 rings (SSSR count). The first kappa shape index (κ1) is 15.9. The van der Waals surface area contributed by atoms with Crippen LogP contribution in [0.5, 0.6) is 0 Å². The minimum Gasteiger partial charge on any atom is -0.325 e. The zero-order valence-corrected chi connectivity index (χ0v) is 13.1. The van der Waals surface area contributed by atoms with Crippen LogP contribution >= 0.6 is 11.6 Å². The summed E-state index contributed by atoms with van der Waals surface area (Å²) in [5.74, 6) is -0.541. The van der Waals surface area contributed by atoms with E-state index >= 15 is 0 Å². The van der Waals surface area contributed by atoms with Crippen molar-refractivity contribution >= 4 is 23.2 Å². The fourth-order valence-electron chi connectivity index (χ4n) is 2.50. The Morgan fingerprint density at radius 2 is 2.04 bits per heavy atom. The van der Waals surface area contributed by atoms with E-state index in [4.69, 9.17) is 11.6 Å². The normalized spacial score (nSPS) is 20.5. The molecule has 1 amide bonds. The van der Waals surface area contributed by atoms with Crippen LogP contribution < -0.4 is 21.7 Å². The maximum atomic E-state index is 13.3. The summed E-state index contributed by atoms with van der Waals surface area (Å²) < 4.78 is 13.3. The van der Waals surface area contributed by atoms with Crippen molar-refractivity contribution in [1.29, 1.82) is 0 Å². The van der Waals surface area contributed by atoms with Gasteiger partial charge in [-0.05, 0) is 48.4 Å². The van der Waals surface area contributed by atoms with Gasteiger partial charge in [0, 0.05) is 10.7 Å². The molecule has 120 valence electrons. The maximum Gasteiger partial charge on any atom is 0.244 e. The van der Waals surface area contributed by atoms with Crippen molar-refractivity contribution in [3.8, 4) is 0 Å². The quantitative estimate of drug-likeness (QED) is 0.696. The molecular weight excluding hydrogens is 319 g/mol. The predicted octanol–water partition coefficient (Wildman–Crippen LogP) is 2.45. The molecule has 1 fully saturated rings. The van der Waals surface area contributed by atoms with Crippen molar-refractivity contribution in [2.45, 2.75) is 19.0 Å². The van der Waals surface area contributed by atoms with Crippen molar-refractivity contribution in [1.82, 2.24) is 16.4 Å². The van der Waals surface area contributed by atoms with Crippen LogP contribution in [0.4, 0.5) is 10.1 Å². The number of rotatable bonds is 3. The van der Waals surface area contributed by atoms with Gasteiger partial charge in [0.2, 0.25) is 5.91 Å². The van der Waals surface area contributed by atoms with E-state index in [0.29, 0.717) is 16.3 Å². The van der Waals surface area contributed by atoms with E-state index in [0.717, 1.165) is 5.56 Å². The largest absolute Gasteiger partial charge is 0.325 e. The Morgan fingerprint density at radius 1 is 1.22 bits per heavy atom. The fraction of sp³-hybridized carbons (Fsp3) is 0.188. The first-order chi connectivity index (χ1) is 11.0. The van der Waals surface area contributed by atoms with Gasteiger partial charge in [0.05, 0.1) is 6.04 Å². The molecule has 0 spiro atoms. The molecule has 1 aliphatic heterocycles. The number of amides is 1. The number of carbonyl (C=O) groups excluding carboxylic acids is 1. The van der Waals surface area contributed by atoms with Crippen molar-refractivity contribution in [2.75, 3.05) is 5.32 Å². The Kier molecular flexibility index (Phi) is 4.58. The molecule has 2 atom stereocenters. The lowest BCUT2D eigenvalue weighted by molar-refractivity contribution is -0.118. The van der Waals surface area contributed by atoms with E-state index in [1.807, 2.05) is 12.1 Å². The van der Waals surface area contributed by atoms with Crippen LogP contribution in [0.1, 0.15) is 17.2 Å². The van der Waals surface area contributed by atoms with Gasteiger partial charge in [-0.15, -0.1) is 0 Å². The smallest absolute Gasteiger partial charge is 0.244 e. The topological polar surface area (TPSA) is 65.2 Å². The number of aryl methyl sites for hydroxylation is 1. The maximum absolute atomic E-state index is 13.3. The van der Waals surface area contributed by atoms with Gasteiger partial charge >= 0.3 is 0 Å². The van der Waals surface area contributed by atoms with Gasteiger partial charge in [-0.1, -0.05) is 23.7 Å². The van der Waals surface area contributed by atoms with Gasteiger partial charge in [-0.3, -0.25) is 4.79 Å². The second-order valence-electron chi connectivity index (χ2n) is 5.38. The third-order valence-electron chi connectivity index (χ3n) is 3.70. The fourth-order valence-corrected chi connectivity index (χ4v) is 2.70. The molecule has 2 unspecified atom stereocenters. The predicted molar refractivity (Wildman–Crippen MR) is 87.2 cm³/mol. The molecule has 23 heavy (non-hydrogen) atoms. The Morgan fingerprint density at radius 3 is 2.78 bits per heavy atom. The third kappa shape index (κ3) is 3.51. The standard InChI is InChI=1S/C16H16ClFN4O/c1-9-7-12(5-6-13(9)18)19-16(23)15-14(20-22-21-15)10-3-2-4-11(17)8-10/h2-8,14-15,20-22H,1H3,(H,19,23).